The van der Waals surface area contributed by atoms with Gasteiger partial charge in [-0.05, 0) is 75.4 Å². The lowest BCUT2D eigenvalue weighted by molar-refractivity contribution is -0.116. The second-order valence-electron chi connectivity index (χ2n) is 7.95. The predicted molar refractivity (Wildman–Crippen MR) is 105 cm³/mol. The smallest absolute Gasteiger partial charge is 0.243 e. The van der Waals surface area contributed by atoms with Crippen LogP contribution in [0, 0.1) is 0 Å². The second-order valence-corrected chi connectivity index (χ2v) is 9.89. The first-order chi connectivity index (χ1) is 13.0. The molecule has 148 valence electrons. The number of hydrogen-bond donors (Lipinski definition) is 1. The molecule has 27 heavy (non-hydrogen) atoms. The van der Waals surface area contributed by atoms with Crippen LogP contribution in [0.1, 0.15) is 50.5 Å². The van der Waals surface area contributed by atoms with Crippen LogP contribution in [0.5, 0.6) is 0 Å². The van der Waals surface area contributed by atoms with Crippen LogP contribution >= 0.6 is 0 Å². The minimum absolute atomic E-state index is 0.00384. The fraction of sp³-hybridized carbons (Fsp3) is 0.650. The number of sulfonamides is 1. The molecule has 6 nitrogen and oxygen atoms in total. The summed E-state index contributed by atoms with van der Waals surface area (Å²) in [7, 11) is -3.47. The molecule has 7 heteroatoms. The number of carbonyl (C=O) groups excluding carboxylic acids is 1. The molecule has 0 unspecified atom stereocenters. The summed E-state index contributed by atoms with van der Waals surface area (Å²) in [6.45, 7) is 3.51. The van der Waals surface area contributed by atoms with Crippen molar-refractivity contribution in [3.8, 4) is 0 Å². The van der Waals surface area contributed by atoms with Gasteiger partial charge in [0.15, 0.2) is 0 Å². The number of piperidine rings is 2. The molecular formula is C20H29N3O3S. The van der Waals surface area contributed by atoms with Gasteiger partial charge in [-0.15, -0.1) is 0 Å². The van der Waals surface area contributed by atoms with Crippen molar-refractivity contribution < 1.29 is 13.2 Å². The van der Waals surface area contributed by atoms with Crippen molar-refractivity contribution in [2.45, 2.75) is 62.3 Å². The van der Waals surface area contributed by atoms with Crippen LogP contribution in [0.15, 0.2) is 23.1 Å². The van der Waals surface area contributed by atoms with Crippen LogP contribution in [-0.2, 0) is 21.2 Å². The summed E-state index contributed by atoms with van der Waals surface area (Å²) in [5.41, 5.74) is 1.67. The van der Waals surface area contributed by atoms with Crippen molar-refractivity contribution in [2.75, 3.05) is 31.5 Å². The lowest BCUT2D eigenvalue weighted by atomic mass is 10.0. The number of amides is 1. The van der Waals surface area contributed by atoms with Crippen LogP contribution in [0.2, 0.25) is 0 Å². The van der Waals surface area contributed by atoms with Gasteiger partial charge in [-0.2, -0.15) is 4.31 Å². The summed E-state index contributed by atoms with van der Waals surface area (Å²) in [4.78, 5) is 14.6. The van der Waals surface area contributed by atoms with E-state index in [1.807, 2.05) is 0 Å². The van der Waals surface area contributed by atoms with Crippen molar-refractivity contribution in [3.05, 3.63) is 23.8 Å². The third-order valence-electron chi connectivity index (χ3n) is 6.17. The molecule has 0 spiro atoms. The molecule has 0 aromatic heterocycles. The Kier molecular flexibility index (Phi) is 5.53. The van der Waals surface area contributed by atoms with E-state index in [0.717, 1.165) is 50.0 Å². The summed E-state index contributed by atoms with van der Waals surface area (Å²) in [6, 6.07) is 5.66. The van der Waals surface area contributed by atoms with Crippen LogP contribution in [0.25, 0.3) is 0 Å². The molecule has 1 aromatic carbocycles. The number of benzene rings is 1. The van der Waals surface area contributed by atoms with Crippen molar-refractivity contribution >= 4 is 21.6 Å². The van der Waals surface area contributed by atoms with Gasteiger partial charge in [-0.3, -0.25) is 4.79 Å². The van der Waals surface area contributed by atoms with Crippen LogP contribution in [-0.4, -0.2) is 55.8 Å². The summed E-state index contributed by atoms with van der Waals surface area (Å²) < 4.78 is 27.9. The molecule has 2 fully saturated rings. The summed E-state index contributed by atoms with van der Waals surface area (Å²) in [5.74, 6) is 0.00384. The molecule has 3 aliphatic rings. The summed E-state index contributed by atoms with van der Waals surface area (Å²) in [6.07, 6.45) is 7.66. The molecule has 0 atom stereocenters. The SMILES string of the molecule is O=C1CCCc2cc(S(=O)(=O)N3CCC(N4CCCCC4)CC3)ccc2N1. The van der Waals surface area contributed by atoms with Gasteiger partial charge in [0.1, 0.15) is 0 Å². The van der Waals surface area contributed by atoms with Gasteiger partial charge in [-0.25, -0.2) is 8.42 Å². The minimum atomic E-state index is -3.47. The Morgan fingerprint density at radius 1 is 0.926 bits per heavy atom. The van der Waals surface area contributed by atoms with E-state index in [-0.39, 0.29) is 5.91 Å². The number of fused-ring (bicyclic) bond motifs is 1. The van der Waals surface area contributed by atoms with E-state index < -0.39 is 10.0 Å². The Bertz CT molecular complexity index is 795. The number of likely N-dealkylation sites (tertiary alicyclic amines) is 1. The highest BCUT2D eigenvalue weighted by molar-refractivity contribution is 7.89. The fourth-order valence-electron chi connectivity index (χ4n) is 4.59. The van der Waals surface area contributed by atoms with Crippen molar-refractivity contribution in [2.24, 2.45) is 0 Å². The molecule has 0 saturated carbocycles. The molecule has 2 saturated heterocycles. The molecule has 4 rings (SSSR count). The first kappa shape index (κ1) is 18.9. The van der Waals surface area contributed by atoms with Crippen molar-refractivity contribution in [1.82, 2.24) is 9.21 Å². The van der Waals surface area contributed by atoms with E-state index in [0.29, 0.717) is 30.4 Å². The maximum Gasteiger partial charge on any atom is 0.243 e. The van der Waals surface area contributed by atoms with Gasteiger partial charge in [0.25, 0.3) is 0 Å². The molecule has 1 N–H and O–H groups in total. The number of hydrogen-bond acceptors (Lipinski definition) is 4. The molecule has 0 aliphatic carbocycles. The van der Waals surface area contributed by atoms with Crippen molar-refractivity contribution in [1.29, 1.82) is 0 Å². The average Bonchev–Trinajstić information content (AvgIpc) is 2.88. The third-order valence-corrected chi connectivity index (χ3v) is 8.06. The number of aryl methyl sites for hydroxylation is 1. The lowest BCUT2D eigenvalue weighted by Crippen LogP contribution is -2.48. The van der Waals surface area contributed by atoms with E-state index in [9.17, 15) is 13.2 Å². The zero-order valence-corrected chi connectivity index (χ0v) is 16.6. The zero-order chi connectivity index (χ0) is 18.9. The number of carbonyl (C=O) groups is 1. The molecule has 3 aliphatic heterocycles. The Morgan fingerprint density at radius 3 is 2.41 bits per heavy atom. The van der Waals surface area contributed by atoms with Gasteiger partial charge in [-0.1, -0.05) is 6.42 Å². The van der Waals surface area contributed by atoms with Gasteiger partial charge in [0.2, 0.25) is 15.9 Å². The maximum absolute atomic E-state index is 13.1. The number of anilines is 1. The minimum Gasteiger partial charge on any atom is -0.326 e. The first-order valence-corrected chi connectivity index (χ1v) is 11.6. The molecule has 1 aromatic rings. The van der Waals surface area contributed by atoms with Crippen molar-refractivity contribution in [3.63, 3.8) is 0 Å². The van der Waals surface area contributed by atoms with Gasteiger partial charge >= 0.3 is 0 Å². The fourth-order valence-corrected chi connectivity index (χ4v) is 6.11. The topological polar surface area (TPSA) is 69.7 Å². The van der Waals surface area contributed by atoms with Gasteiger partial charge in [0, 0.05) is 31.2 Å². The van der Waals surface area contributed by atoms with E-state index in [4.69, 9.17) is 0 Å². The number of rotatable bonds is 3. The summed E-state index contributed by atoms with van der Waals surface area (Å²) in [5, 5.41) is 2.87. The third kappa shape index (κ3) is 4.05. The van der Waals surface area contributed by atoms with Crippen LogP contribution in [0.3, 0.4) is 0 Å². The highest BCUT2D eigenvalue weighted by atomic mass is 32.2. The van der Waals surface area contributed by atoms with Gasteiger partial charge < -0.3 is 10.2 Å². The van der Waals surface area contributed by atoms with E-state index in [1.54, 1.807) is 22.5 Å². The molecule has 1 amide bonds. The normalized spacial score (nSPS) is 23.5. The zero-order valence-electron chi connectivity index (χ0n) is 15.8. The predicted octanol–water partition coefficient (Wildman–Crippen LogP) is 2.60. The van der Waals surface area contributed by atoms with E-state index in [1.165, 1.54) is 19.3 Å². The largest absolute Gasteiger partial charge is 0.326 e. The Labute approximate surface area is 162 Å². The molecular weight excluding hydrogens is 362 g/mol. The molecule has 0 radical (unpaired) electrons. The first-order valence-electron chi connectivity index (χ1n) is 10.2. The van der Waals surface area contributed by atoms with Gasteiger partial charge in [0.05, 0.1) is 4.90 Å². The highest BCUT2D eigenvalue weighted by Gasteiger charge is 2.32. The maximum atomic E-state index is 13.1. The average molecular weight is 392 g/mol. The quantitative estimate of drug-likeness (QED) is 0.860. The number of nitrogens with one attached hydrogen (secondary N) is 1. The lowest BCUT2D eigenvalue weighted by Gasteiger charge is -2.39. The molecule has 0 bridgehead atoms. The monoisotopic (exact) mass is 391 g/mol. The Morgan fingerprint density at radius 2 is 1.67 bits per heavy atom. The Balaban J connectivity index is 1.46. The highest BCUT2D eigenvalue weighted by Crippen LogP contribution is 2.29. The standard InChI is InChI=1S/C20H29N3O3S/c24-20-6-4-5-16-15-18(7-8-19(16)21-20)27(25,26)23-13-9-17(10-14-23)22-11-2-1-3-12-22/h7-8,15,17H,1-6,9-14H2,(H,21,24). The summed E-state index contributed by atoms with van der Waals surface area (Å²) >= 11 is 0. The van der Waals surface area contributed by atoms with E-state index >= 15 is 0 Å². The van der Waals surface area contributed by atoms with Crippen LogP contribution in [0.4, 0.5) is 5.69 Å². The number of nitrogens with zero attached hydrogens (tertiary/aromatic N) is 2. The second kappa shape index (κ2) is 7.89. The van der Waals surface area contributed by atoms with Crippen LogP contribution < -0.4 is 5.32 Å². The molecule has 3 heterocycles. The van der Waals surface area contributed by atoms with E-state index in [2.05, 4.69) is 10.2 Å². The Hall–Kier alpha value is -1.44.